The molecule has 0 spiro atoms. The van der Waals surface area contributed by atoms with Crippen molar-refractivity contribution in [2.24, 2.45) is 0 Å². The monoisotopic (exact) mass is 141 g/mol. The van der Waals surface area contributed by atoms with Crippen molar-refractivity contribution in [1.82, 2.24) is 5.32 Å². The Kier molecular flexibility index (Phi) is 3.39. The topological polar surface area (TPSA) is 46.2 Å². The number of amides is 2. The first-order chi connectivity index (χ1) is 4.57. The van der Waals surface area contributed by atoms with Crippen molar-refractivity contribution in [3.8, 4) is 0 Å². The zero-order chi connectivity index (χ0) is 8.15. The van der Waals surface area contributed by atoms with Gasteiger partial charge in [0.15, 0.2) is 0 Å². The first-order valence-electron chi connectivity index (χ1n) is 3.02. The number of rotatable bonds is 1. The van der Waals surface area contributed by atoms with Crippen LogP contribution in [0.15, 0.2) is 11.6 Å². The first-order valence-corrected chi connectivity index (χ1v) is 3.02. The van der Waals surface area contributed by atoms with E-state index >= 15 is 0 Å². The van der Waals surface area contributed by atoms with E-state index in [1.807, 2.05) is 0 Å². The van der Waals surface area contributed by atoms with Crippen molar-refractivity contribution in [3.05, 3.63) is 11.6 Å². The van der Waals surface area contributed by atoms with E-state index in [-0.39, 0.29) is 11.8 Å². The number of imide groups is 1. The van der Waals surface area contributed by atoms with Gasteiger partial charge in [-0.1, -0.05) is 6.08 Å². The lowest BCUT2D eigenvalue weighted by atomic mass is 10.3. The number of nitrogens with one attached hydrogen (secondary N) is 1. The summed E-state index contributed by atoms with van der Waals surface area (Å²) >= 11 is 0. The summed E-state index contributed by atoms with van der Waals surface area (Å²) in [6.45, 7) is 4.70. The van der Waals surface area contributed by atoms with Crippen molar-refractivity contribution in [2.75, 3.05) is 0 Å². The lowest BCUT2D eigenvalue weighted by Gasteiger charge is -1.97. The summed E-state index contributed by atoms with van der Waals surface area (Å²) in [5, 5.41) is 2.15. The lowest BCUT2D eigenvalue weighted by Crippen LogP contribution is -2.28. The molecule has 56 valence electrons. The second-order valence-corrected chi connectivity index (χ2v) is 1.98. The molecule has 3 nitrogen and oxygen atoms in total. The minimum Gasteiger partial charge on any atom is -0.293 e. The van der Waals surface area contributed by atoms with Gasteiger partial charge in [0, 0.05) is 12.5 Å². The molecule has 0 heterocycles. The predicted octanol–water partition coefficient (Wildman–Crippen LogP) is 0.615. The van der Waals surface area contributed by atoms with Crippen LogP contribution < -0.4 is 5.32 Å². The molecular weight excluding hydrogens is 130 g/mol. The zero-order valence-electron chi connectivity index (χ0n) is 6.39. The Bertz CT molecular complexity index is 182. The molecule has 0 saturated heterocycles. The number of allylic oxidation sites excluding steroid dienone is 1. The quantitative estimate of drug-likeness (QED) is 0.544. The van der Waals surface area contributed by atoms with Gasteiger partial charge < -0.3 is 0 Å². The summed E-state index contributed by atoms with van der Waals surface area (Å²) in [5.74, 6) is -0.652. The minimum absolute atomic E-state index is 0.324. The molecule has 0 atom stereocenters. The van der Waals surface area contributed by atoms with Crippen LogP contribution in [0, 0.1) is 0 Å². The number of carbonyl (C=O) groups excluding carboxylic acids is 2. The van der Waals surface area contributed by atoms with E-state index in [0.717, 1.165) is 0 Å². The third-order valence-corrected chi connectivity index (χ3v) is 1.08. The summed E-state index contributed by atoms with van der Waals surface area (Å²) in [7, 11) is 0. The van der Waals surface area contributed by atoms with Crippen molar-refractivity contribution >= 4 is 11.8 Å². The number of carbonyl (C=O) groups is 2. The van der Waals surface area contributed by atoms with Gasteiger partial charge in [-0.15, -0.1) is 0 Å². The average molecular weight is 141 g/mol. The predicted molar refractivity (Wildman–Crippen MR) is 38.3 cm³/mol. The third-order valence-electron chi connectivity index (χ3n) is 1.08. The molecule has 2 amide bonds. The van der Waals surface area contributed by atoms with Crippen LogP contribution >= 0.6 is 0 Å². The second-order valence-electron chi connectivity index (χ2n) is 1.98. The third kappa shape index (κ3) is 3.02. The van der Waals surface area contributed by atoms with Gasteiger partial charge in [-0.2, -0.15) is 0 Å². The Morgan fingerprint density at radius 3 is 2.10 bits per heavy atom. The van der Waals surface area contributed by atoms with Crippen LogP contribution in [0.2, 0.25) is 0 Å². The highest BCUT2D eigenvalue weighted by Gasteiger charge is 2.02. The SMILES string of the molecule is C/C=C(\C)C(=O)NC(C)=O. The fourth-order valence-electron chi connectivity index (χ4n) is 0.390. The maximum absolute atomic E-state index is 10.8. The Hall–Kier alpha value is -1.12. The van der Waals surface area contributed by atoms with Crippen molar-refractivity contribution in [1.29, 1.82) is 0 Å². The Morgan fingerprint density at radius 2 is 1.80 bits per heavy atom. The standard InChI is InChI=1S/C7H11NO2/c1-4-5(2)7(10)8-6(3)9/h4H,1-3H3,(H,8,9,10)/b5-4+. The van der Waals surface area contributed by atoms with Crippen LogP contribution in [0.25, 0.3) is 0 Å². The van der Waals surface area contributed by atoms with Gasteiger partial charge in [0.2, 0.25) is 5.91 Å². The molecule has 0 bridgehead atoms. The number of hydrogen-bond acceptors (Lipinski definition) is 2. The van der Waals surface area contributed by atoms with E-state index in [9.17, 15) is 9.59 Å². The summed E-state index contributed by atoms with van der Waals surface area (Å²) in [6.07, 6.45) is 1.65. The first kappa shape index (κ1) is 8.88. The molecule has 0 radical (unpaired) electrons. The molecule has 0 aromatic rings. The molecule has 1 N–H and O–H groups in total. The van der Waals surface area contributed by atoms with E-state index in [2.05, 4.69) is 5.32 Å². The van der Waals surface area contributed by atoms with E-state index in [4.69, 9.17) is 0 Å². The molecule has 0 aromatic heterocycles. The molecule has 0 aliphatic carbocycles. The lowest BCUT2D eigenvalue weighted by molar-refractivity contribution is -0.127. The smallest absolute Gasteiger partial charge is 0.253 e. The van der Waals surface area contributed by atoms with E-state index in [1.165, 1.54) is 6.92 Å². The van der Waals surface area contributed by atoms with Crippen molar-refractivity contribution in [2.45, 2.75) is 20.8 Å². The molecule has 0 aliphatic heterocycles. The van der Waals surface area contributed by atoms with Crippen LogP contribution in [0.3, 0.4) is 0 Å². The summed E-state index contributed by atoms with van der Waals surface area (Å²) in [5.41, 5.74) is 0.551. The van der Waals surface area contributed by atoms with E-state index < -0.39 is 0 Å². The summed E-state index contributed by atoms with van der Waals surface area (Å²) < 4.78 is 0. The molecule has 0 rings (SSSR count). The van der Waals surface area contributed by atoms with Crippen molar-refractivity contribution < 1.29 is 9.59 Å². The van der Waals surface area contributed by atoms with Crippen LogP contribution in [0.4, 0.5) is 0 Å². The normalized spacial score (nSPS) is 10.9. The number of hydrogen-bond donors (Lipinski definition) is 1. The zero-order valence-corrected chi connectivity index (χ0v) is 6.39. The highest BCUT2D eigenvalue weighted by atomic mass is 16.2. The van der Waals surface area contributed by atoms with Gasteiger partial charge in [-0.25, -0.2) is 0 Å². The van der Waals surface area contributed by atoms with Crippen LogP contribution in [-0.2, 0) is 9.59 Å². The maximum atomic E-state index is 10.8. The van der Waals surface area contributed by atoms with Crippen LogP contribution in [-0.4, -0.2) is 11.8 Å². The van der Waals surface area contributed by atoms with Gasteiger partial charge >= 0.3 is 0 Å². The van der Waals surface area contributed by atoms with Crippen LogP contribution in [0.1, 0.15) is 20.8 Å². The largest absolute Gasteiger partial charge is 0.293 e. The Morgan fingerprint density at radius 1 is 1.30 bits per heavy atom. The van der Waals surface area contributed by atoms with Gasteiger partial charge in [-0.05, 0) is 13.8 Å². The van der Waals surface area contributed by atoms with Crippen LogP contribution in [0.5, 0.6) is 0 Å². The molecule has 0 unspecified atom stereocenters. The molecule has 0 aromatic carbocycles. The average Bonchev–Trinajstić information content (AvgIpc) is 1.85. The van der Waals surface area contributed by atoms with Crippen molar-refractivity contribution in [3.63, 3.8) is 0 Å². The fraction of sp³-hybridized carbons (Fsp3) is 0.429. The summed E-state index contributed by atoms with van der Waals surface area (Å²) in [4.78, 5) is 21.1. The highest BCUT2D eigenvalue weighted by Crippen LogP contribution is 1.89. The molecule has 10 heavy (non-hydrogen) atoms. The molecule has 0 aliphatic rings. The van der Waals surface area contributed by atoms with Gasteiger partial charge in [-0.3, -0.25) is 14.9 Å². The Balaban J connectivity index is 3.99. The van der Waals surface area contributed by atoms with E-state index in [0.29, 0.717) is 5.57 Å². The van der Waals surface area contributed by atoms with Gasteiger partial charge in [0.25, 0.3) is 5.91 Å². The molecular formula is C7H11NO2. The summed E-state index contributed by atoms with van der Waals surface area (Å²) in [6, 6.07) is 0. The van der Waals surface area contributed by atoms with Gasteiger partial charge in [0.05, 0.1) is 0 Å². The maximum Gasteiger partial charge on any atom is 0.253 e. The van der Waals surface area contributed by atoms with E-state index in [1.54, 1.807) is 19.9 Å². The Labute approximate surface area is 60.1 Å². The molecule has 0 saturated carbocycles. The fourth-order valence-corrected chi connectivity index (χ4v) is 0.390. The highest BCUT2D eigenvalue weighted by molar-refractivity contribution is 6.03. The second kappa shape index (κ2) is 3.82. The van der Waals surface area contributed by atoms with Gasteiger partial charge in [0.1, 0.15) is 0 Å². The minimum atomic E-state index is -0.328. The molecule has 0 fully saturated rings. The molecule has 3 heteroatoms.